The Morgan fingerprint density at radius 3 is 2.56 bits per heavy atom. The van der Waals surface area contributed by atoms with Crippen LogP contribution >= 0.6 is 0 Å². The van der Waals surface area contributed by atoms with Crippen molar-refractivity contribution < 1.29 is 14.3 Å². The molecule has 0 aliphatic carbocycles. The molecule has 3 heteroatoms. The van der Waals surface area contributed by atoms with Gasteiger partial charge in [-0.3, -0.25) is 4.79 Å². The van der Waals surface area contributed by atoms with Gasteiger partial charge in [0.25, 0.3) is 0 Å². The number of carbonyl (C=O) groups excluding carboxylic acids is 1. The van der Waals surface area contributed by atoms with Gasteiger partial charge in [0.2, 0.25) is 5.78 Å². The molecule has 0 saturated heterocycles. The molecule has 0 bridgehead atoms. The van der Waals surface area contributed by atoms with Gasteiger partial charge in [-0.05, 0) is 55.2 Å². The fraction of sp³-hybridized carbons (Fsp3) is 0.227. The molecular formula is C22H22O3. The highest BCUT2D eigenvalue weighted by Gasteiger charge is 2.30. The number of benzene rings is 2. The maximum Gasteiger partial charge on any atom is 0.231 e. The Balaban J connectivity index is 1.88. The van der Waals surface area contributed by atoms with Crippen molar-refractivity contribution in [1.29, 1.82) is 0 Å². The van der Waals surface area contributed by atoms with E-state index in [1.807, 2.05) is 32.0 Å². The second-order valence-corrected chi connectivity index (χ2v) is 6.35. The van der Waals surface area contributed by atoms with Crippen LogP contribution in [-0.2, 0) is 6.42 Å². The van der Waals surface area contributed by atoms with Crippen LogP contribution in [0.1, 0.15) is 40.9 Å². The third-order valence-electron chi connectivity index (χ3n) is 4.20. The summed E-state index contributed by atoms with van der Waals surface area (Å²) in [6.07, 6.45) is 2.78. The van der Waals surface area contributed by atoms with Gasteiger partial charge >= 0.3 is 0 Å². The summed E-state index contributed by atoms with van der Waals surface area (Å²) in [5, 5.41) is 0. The lowest BCUT2D eigenvalue weighted by Crippen LogP contribution is -2.00. The molecule has 1 heterocycles. The van der Waals surface area contributed by atoms with Gasteiger partial charge < -0.3 is 9.47 Å². The predicted molar refractivity (Wildman–Crippen MR) is 100 cm³/mol. The highest BCUT2D eigenvalue weighted by atomic mass is 16.5. The molecule has 0 unspecified atom stereocenters. The van der Waals surface area contributed by atoms with Gasteiger partial charge in [0.15, 0.2) is 5.76 Å². The summed E-state index contributed by atoms with van der Waals surface area (Å²) in [6.45, 7) is 10.2. The van der Waals surface area contributed by atoms with Crippen LogP contribution in [0.3, 0.4) is 0 Å². The molecule has 0 N–H and O–H groups in total. The van der Waals surface area contributed by atoms with Crippen LogP contribution in [-0.4, -0.2) is 12.4 Å². The number of Topliss-reactive ketones (excluding diaryl/α,β-unsaturated/α-hetero) is 1. The van der Waals surface area contributed by atoms with E-state index in [1.54, 1.807) is 12.1 Å². The van der Waals surface area contributed by atoms with Crippen LogP contribution in [0.5, 0.6) is 11.5 Å². The summed E-state index contributed by atoms with van der Waals surface area (Å²) in [6, 6.07) is 11.7. The Morgan fingerprint density at radius 2 is 1.92 bits per heavy atom. The van der Waals surface area contributed by atoms with Gasteiger partial charge in [-0.1, -0.05) is 37.8 Å². The summed E-state index contributed by atoms with van der Waals surface area (Å²) in [5.41, 5.74) is 4.56. The molecule has 1 aliphatic heterocycles. The monoisotopic (exact) mass is 334 g/mol. The number of aryl methyl sites for hydroxylation is 1. The SMILES string of the molecule is C=C(C)COc1ccc2c(c1C)O/C(=C\c1ccc(CC)cc1)C2=O. The van der Waals surface area contributed by atoms with E-state index in [0.29, 0.717) is 29.4 Å². The van der Waals surface area contributed by atoms with Gasteiger partial charge in [0.1, 0.15) is 18.1 Å². The first-order valence-corrected chi connectivity index (χ1v) is 8.43. The summed E-state index contributed by atoms with van der Waals surface area (Å²) in [7, 11) is 0. The second-order valence-electron chi connectivity index (χ2n) is 6.35. The third-order valence-corrected chi connectivity index (χ3v) is 4.20. The first-order valence-electron chi connectivity index (χ1n) is 8.43. The number of carbonyl (C=O) groups is 1. The Kier molecular flexibility index (Phi) is 4.75. The fourth-order valence-corrected chi connectivity index (χ4v) is 2.73. The molecule has 25 heavy (non-hydrogen) atoms. The lowest BCUT2D eigenvalue weighted by Gasteiger charge is -2.11. The molecule has 2 aromatic carbocycles. The van der Waals surface area contributed by atoms with Crippen molar-refractivity contribution in [1.82, 2.24) is 0 Å². The fourth-order valence-electron chi connectivity index (χ4n) is 2.73. The zero-order valence-electron chi connectivity index (χ0n) is 14.9. The molecule has 0 saturated carbocycles. The maximum atomic E-state index is 12.6. The topological polar surface area (TPSA) is 35.5 Å². The molecule has 0 fully saturated rings. The maximum absolute atomic E-state index is 12.6. The number of ether oxygens (including phenoxy) is 2. The Morgan fingerprint density at radius 1 is 1.20 bits per heavy atom. The average Bonchev–Trinajstić information content (AvgIpc) is 2.92. The number of hydrogen-bond acceptors (Lipinski definition) is 3. The summed E-state index contributed by atoms with van der Waals surface area (Å²) in [4.78, 5) is 12.6. The zero-order chi connectivity index (χ0) is 18.0. The third kappa shape index (κ3) is 3.50. The van der Waals surface area contributed by atoms with Crippen LogP contribution in [0.25, 0.3) is 6.08 Å². The van der Waals surface area contributed by atoms with Crippen LogP contribution in [0.15, 0.2) is 54.3 Å². The van der Waals surface area contributed by atoms with Crippen LogP contribution in [0, 0.1) is 6.92 Å². The molecule has 3 rings (SSSR count). The summed E-state index contributed by atoms with van der Waals surface area (Å²) < 4.78 is 11.6. The second kappa shape index (κ2) is 6.98. The van der Waals surface area contributed by atoms with Crippen molar-refractivity contribution in [2.75, 3.05) is 6.61 Å². The molecule has 0 amide bonds. The first kappa shape index (κ1) is 17.0. The minimum atomic E-state index is -0.0934. The van der Waals surface area contributed by atoms with E-state index in [0.717, 1.165) is 23.1 Å². The van der Waals surface area contributed by atoms with E-state index in [-0.39, 0.29) is 5.78 Å². The van der Waals surface area contributed by atoms with E-state index in [1.165, 1.54) is 5.56 Å². The standard InChI is InChI=1S/C22H22O3/c1-5-16-6-8-17(9-7-16)12-20-21(23)18-10-11-19(24-13-14(2)3)15(4)22(18)25-20/h6-12H,2,5,13H2,1,3-4H3/b20-12-. The van der Waals surface area contributed by atoms with E-state index >= 15 is 0 Å². The minimum absolute atomic E-state index is 0.0934. The lowest BCUT2D eigenvalue weighted by molar-refractivity contribution is 0.101. The Bertz CT molecular complexity index is 858. The zero-order valence-corrected chi connectivity index (χ0v) is 14.9. The Labute approximate surface area is 148 Å². The highest BCUT2D eigenvalue weighted by Crippen LogP contribution is 2.39. The highest BCUT2D eigenvalue weighted by molar-refractivity contribution is 6.14. The van der Waals surface area contributed by atoms with E-state index < -0.39 is 0 Å². The summed E-state index contributed by atoms with van der Waals surface area (Å²) >= 11 is 0. The molecule has 0 aromatic heterocycles. The Hall–Kier alpha value is -2.81. The van der Waals surface area contributed by atoms with Gasteiger partial charge in [0.05, 0.1) is 5.56 Å². The van der Waals surface area contributed by atoms with Crippen molar-refractivity contribution >= 4 is 11.9 Å². The minimum Gasteiger partial charge on any atom is -0.489 e. The van der Waals surface area contributed by atoms with Gasteiger partial charge in [-0.15, -0.1) is 0 Å². The molecule has 2 aromatic rings. The van der Waals surface area contributed by atoms with Crippen molar-refractivity contribution in [3.63, 3.8) is 0 Å². The molecule has 3 nitrogen and oxygen atoms in total. The normalized spacial score (nSPS) is 14.4. The van der Waals surface area contributed by atoms with Crippen molar-refractivity contribution in [2.45, 2.75) is 27.2 Å². The van der Waals surface area contributed by atoms with Crippen molar-refractivity contribution in [2.24, 2.45) is 0 Å². The van der Waals surface area contributed by atoms with E-state index in [2.05, 4.69) is 25.6 Å². The number of fused-ring (bicyclic) bond motifs is 1. The molecule has 0 radical (unpaired) electrons. The number of allylic oxidation sites excluding steroid dienone is 1. The van der Waals surface area contributed by atoms with Crippen LogP contribution in [0.4, 0.5) is 0 Å². The van der Waals surface area contributed by atoms with Crippen molar-refractivity contribution in [3.05, 3.63) is 76.6 Å². The predicted octanol–water partition coefficient (Wildman–Crippen LogP) is 5.13. The number of hydrogen-bond donors (Lipinski definition) is 0. The summed E-state index contributed by atoms with van der Waals surface area (Å²) in [5.74, 6) is 1.55. The number of rotatable bonds is 5. The van der Waals surface area contributed by atoms with Crippen LogP contribution < -0.4 is 9.47 Å². The quantitative estimate of drug-likeness (QED) is 0.562. The smallest absolute Gasteiger partial charge is 0.231 e. The molecule has 0 spiro atoms. The lowest BCUT2D eigenvalue weighted by atomic mass is 10.0. The molecular weight excluding hydrogens is 312 g/mol. The van der Waals surface area contributed by atoms with Gasteiger partial charge in [-0.25, -0.2) is 0 Å². The van der Waals surface area contributed by atoms with E-state index in [9.17, 15) is 4.79 Å². The van der Waals surface area contributed by atoms with E-state index in [4.69, 9.17) is 9.47 Å². The first-order chi connectivity index (χ1) is 12.0. The average molecular weight is 334 g/mol. The van der Waals surface area contributed by atoms with Gasteiger partial charge in [0, 0.05) is 5.56 Å². The largest absolute Gasteiger partial charge is 0.489 e. The number of ketones is 1. The molecule has 0 atom stereocenters. The molecule has 128 valence electrons. The van der Waals surface area contributed by atoms with Gasteiger partial charge in [-0.2, -0.15) is 0 Å². The van der Waals surface area contributed by atoms with Crippen LogP contribution in [0.2, 0.25) is 0 Å². The van der Waals surface area contributed by atoms with Crippen molar-refractivity contribution in [3.8, 4) is 11.5 Å². The molecule has 1 aliphatic rings.